The largest absolute Gasteiger partial charge is 0.481 e. The monoisotopic (exact) mass is 176 g/mol. The van der Waals surface area contributed by atoms with Gasteiger partial charge in [-0.2, -0.15) is 0 Å². The molecular weight excluding hydrogens is 160 g/mol. The molecule has 0 aliphatic heterocycles. The van der Waals surface area contributed by atoms with E-state index in [1.165, 1.54) is 0 Å². The average molecular weight is 176 g/mol. The van der Waals surface area contributed by atoms with Gasteiger partial charge in [0.2, 0.25) is 0 Å². The molecule has 4 nitrogen and oxygen atoms in total. The van der Waals surface area contributed by atoms with Crippen molar-refractivity contribution in [2.24, 2.45) is 11.8 Å². The van der Waals surface area contributed by atoms with Gasteiger partial charge < -0.3 is 10.2 Å². The lowest BCUT2D eigenvalue weighted by Gasteiger charge is -1.89. The zero-order valence-corrected chi connectivity index (χ0v) is 7.87. The predicted octanol–water partition coefficient (Wildman–Crippen LogP) is 1.45. The van der Waals surface area contributed by atoms with Crippen LogP contribution in [0.1, 0.15) is 27.7 Å². The van der Waals surface area contributed by atoms with Crippen molar-refractivity contribution in [3.63, 3.8) is 0 Å². The summed E-state index contributed by atoms with van der Waals surface area (Å²) < 4.78 is 0. The van der Waals surface area contributed by atoms with E-state index in [2.05, 4.69) is 0 Å². The first-order valence-electron chi connectivity index (χ1n) is 3.74. The normalized spacial score (nSPS) is 9.17. The Morgan fingerprint density at radius 3 is 0.917 bits per heavy atom. The molecule has 0 spiro atoms. The fourth-order valence-electron chi connectivity index (χ4n) is 0. The summed E-state index contributed by atoms with van der Waals surface area (Å²) in [6.07, 6.45) is 0. The summed E-state index contributed by atoms with van der Waals surface area (Å²) in [5, 5.41) is 16.0. The molecule has 0 aliphatic rings. The van der Waals surface area contributed by atoms with Crippen LogP contribution in [0, 0.1) is 11.8 Å². The van der Waals surface area contributed by atoms with Crippen LogP contribution in [0.2, 0.25) is 0 Å². The third-order valence-electron chi connectivity index (χ3n) is 0.988. The molecule has 0 unspecified atom stereocenters. The quantitative estimate of drug-likeness (QED) is 0.667. The second-order valence-electron chi connectivity index (χ2n) is 2.99. The maximum atomic E-state index is 9.70. The molecule has 0 aliphatic carbocycles. The summed E-state index contributed by atoms with van der Waals surface area (Å²) in [4.78, 5) is 19.4. The minimum Gasteiger partial charge on any atom is -0.481 e. The van der Waals surface area contributed by atoms with Gasteiger partial charge in [-0.05, 0) is 0 Å². The first-order chi connectivity index (χ1) is 5.29. The Kier molecular flexibility index (Phi) is 7.48. The summed E-state index contributed by atoms with van der Waals surface area (Å²) >= 11 is 0. The lowest BCUT2D eigenvalue weighted by molar-refractivity contribution is -0.141. The van der Waals surface area contributed by atoms with Crippen LogP contribution < -0.4 is 0 Å². The van der Waals surface area contributed by atoms with Gasteiger partial charge in [0, 0.05) is 0 Å². The summed E-state index contributed by atoms with van der Waals surface area (Å²) in [5.74, 6) is -1.94. The molecular formula is C8H16O4. The van der Waals surface area contributed by atoms with Crippen molar-refractivity contribution in [1.82, 2.24) is 0 Å². The third-order valence-corrected chi connectivity index (χ3v) is 0.988. The van der Waals surface area contributed by atoms with Crippen molar-refractivity contribution in [3.8, 4) is 0 Å². The van der Waals surface area contributed by atoms with Crippen molar-refractivity contribution in [1.29, 1.82) is 0 Å². The van der Waals surface area contributed by atoms with Crippen molar-refractivity contribution in [2.45, 2.75) is 27.7 Å². The third kappa shape index (κ3) is 11.7. The van der Waals surface area contributed by atoms with Crippen molar-refractivity contribution < 1.29 is 19.8 Å². The summed E-state index contributed by atoms with van der Waals surface area (Å²) in [6, 6.07) is 0. The molecule has 0 amide bonds. The number of carboxylic acid groups (broad SMARTS) is 2. The lowest BCUT2D eigenvalue weighted by Crippen LogP contribution is -2.03. The highest BCUT2D eigenvalue weighted by Crippen LogP contribution is 1.87. The van der Waals surface area contributed by atoms with Gasteiger partial charge in [-0.3, -0.25) is 9.59 Å². The van der Waals surface area contributed by atoms with E-state index in [1.807, 2.05) is 0 Å². The van der Waals surface area contributed by atoms with Crippen LogP contribution in [-0.2, 0) is 9.59 Å². The first kappa shape index (κ1) is 13.5. The van der Waals surface area contributed by atoms with E-state index in [4.69, 9.17) is 10.2 Å². The van der Waals surface area contributed by atoms with Gasteiger partial charge in [0.05, 0.1) is 11.8 Å². The molecule has 0 fully saturated rings. The van der Waals surface area contributed by atoms with Gasteiger partial charge in [0.15, 0.2) is 0 Å². The predicted molar refractivity (Wildman–Crippen MR) is 44.9 cm³/mol. The Morgan fingerprint density at radius 1 is 0.833 bits per heavy atom. The second-order valence-corrected chi connectivity index (χ2v) is 2.99. The Balaban J connectivity index is 0. The van der Waals surface area contributed by atoms with E-state index in [1.54, 1.807) is 27.7 Å². The second kappa shape index (κ2) is 6.64. The Morgan fingerprint density at radius 2 is 0.917 bits per heavy atom. The number of hydrogen-bond acceptors (Lipinski definition) is 2. The summed E-state index contributed by atoms with van der Waals surface area (Å²) in [6.45, 7) is 6.56. The van der Waals surface area contributed by atoms with Crippen LogP contribution in [0.3, 0.4) is 0 Å². The minimum absolute atomic E-state index is 0.231. The standard InChI is InChI=1S/2C4H8O2/c2*1-3(2)4(5)6/h2*3H,1-2H3,(H,5,6). The van der Waals surface area contributed by atoms with Crippen LogP contribution in [0.25, 0.3) is 0 Å². The van der Waals surface area contributed by atoms with Gasteiger partial charge in [0.1, 0.15) is 0 Å². The minimum atomic E-state index is -0.741. The number of rotatable bonds is 2. The van der Waals surface area contributed by atoms with Crippen molar-refractivity contribution >= 4 is 11.9 Å². The molecule has 0 heterocycles. The molecule has 0 bridgehead atoms. The number of hydrogen-bond donors (Lipinski definition) is 2. The van der Waals surface area contributed by atoms with E-state index in [0.29, 0.717) is 0 Å². The Hall–Kier alpha value is -1.06. The summed E-state index contributed by atoms with van der Waals surface area (Å²) in [5.41, 5.74) is 0. The van der Waals surface area contributed by atoms with E-state index >= 15 is 0 Å². The smallest absolute Gasteiger partial charge is 0.305 e. The van der Waals surface area contributed by atoms with E-state index < -0.39 is 11.9 Å². The topological polar surface area (TPSA) is 74.6 Å². The highest BCUT2D eigenvalue weighted by molar-refractivity contribution is 5.69. The van der Waals surface area contributed by atoms with Gasteiger partial charge >= 0.3 is 11.9 Å². The van der Waals surface area contributed by atoms with Gasteiger partial charge in [0.25, 0.3) is 0 Å². The van der Waals surface area contributed by atoms with E-state index in [-0.39, 0.29) is 11.8 Å². The molecule has 4 heteroatoms. The van der Waals surface area contributed by atoms with Crippen LogP contribution >= 0.6 is 0 Å². The lowest BCUT2D eigenvalue weighted by atomic mass is 10.2. The molecule has 2 N–H and O–H groups in total. The zero-order chi connectivity index (χ0) is 10.3. The maximum Gasteiger partial charge on any atom is 0.305 e. The Labute approximate surface area is 72.2 Å². The Bertz CT molecular complexity index is 131. The van der Waals surface area contributed by atoms with Crippen LogP contribution in [-0.4, -0.2) is 22.2 Å². The van der Waals surface area contributed by atoms with Gasteiger partial charge in [-0.15, -0.1) is 0 Å². The maximum absolute atomic E-state index is 9.70. The number of carboxylic acids is 2. The number of carbonyl (C=O) groups is 2. The zero-order valence-electron chi connectivity index (χ0n) is 7.87. The summed E-state index contributed by atoms with van der Waals surface area (Å²) in [7, 11) is 0. The van der Waals surface area contributed by atoms with Crippen molar-refractivity contribution in [3.05, 3.63) is 0 Å². The van der Waals surface area contributed by atoms with E-state index in [0.717, 1.165) is 0 Å². The molecule has 0 radical (unpaired) electrons. The SMILES string of the molecule is CC(C)C(=O)O.CC(C)C(=O)O. The van der Waals surface area contributed by atoms with Crippen LogP contribution in [0.15, 0.2) is 0 Å². The molecule has 12 heavy (non-hydrogen) atoms. The molecule has 0 aromatic rings. The molecule has 0 rings (SSSR count). The van der Waals surface area contributed by atoms with Gasteiger partial charge in [-0.25, -0.2) is 0 Å². The van der Waals surface area contributed by atoms with Gasteiger partial charge in [-0.1, -0.05) is 27.7 Å². The molecule has 72 valence electrons. The fourth-order valence-corrected chi connectivity index (χ4v) is 0. The molecule has 0 aromatic carbocycles. The van der Waals surface area contributed by atoms with Crippen LogP contribution in [0.4, 0.5) is 0 Å². The van der Waals surface area contributed by atoms with E-state index in [9.17, 15) is 9.59 Å². The van der Waals surface area contributed by atoms with Crippen LogP contribution in [0.5, 0.6) is 0 Å². The molecule has 0 aromatic heterocycles. The molecule has 0 saturated heterocycles. The average Bonchev–Trinajstić information content (AvgIpc) is 1.88. The number of aliphatic carboxylic acids is 2. The first-order valence-corrected chi connectivity index (χ1v) is 3.74. The molecule has 0 saturated carbocycles. The fraction of sp³-hybridized carbons (Fsp3) is 0.750. The molecule has 0 atom stereocenters. The highest BCUT2D eigenvalue weighted by Gasteiger charge is 1.99. The highest BCUT2D eigenvalue weighted by atomic mass is 16.4. The van der Waals surface area contributed by atoms with Crippen molar-refractivity contribution in [2.75, 3.05) is 0 Å².